The van der Waals surface area contributed by atoms with E-state index in [1.165, 1.54) is 36.5 Å². The molecule has 0 aliphatic heterocycles. The van der Waals surface area contributed by atoms with Gasteiger partial charge in [-0.15, -0.1) is 0 Å². The maximum atomic E-state index is 13.4. The van der Waals surface area contributed by atoms with E-state index >= 15 is 0 Å². The van der Waals surface area contributed by atoms with Gasteiger partial charge in [0.15, 0.2) is 0 Å². The smallest absolute Gasteiger partial charge is 0.293 e. The molecular weight excluding hydrogens is 548 g/mol. The fraction of sp³-hybridized carbons (Fsp3) is 0.250. The number of amides is 1. The van der Waals surface area contributed by atoms with Crippen LogP contribution in [-0.4, -0.2) is 35.8 Å². The molecule has 3 N–H and O–H groups in total. The number of nitriles is 1. The largest absolute Gasteiger partial charge is 0.455 e. The summed E-state index contributed by atoms with van der Waals surface area (Å²) < 4.78 is 34.8. The van der Waals surface area contributed by atoms with Gasteiger partial charge in [0.25, 0.3) is 21.6 Å². The zero-order valence-corrected chi connectivity index (χ0v) is 22.6. The number of anilines is 1. The summed E-state index contributed by atoms with van der Waals surface area (Å²) in [6, 6.07) is 15.6. The molecule has 1 fully saturated rings. The number of nitro groups is 1. The Balaban J connectivity index is 1.38. The molecule has 0 spiro atoms. The van der Waals surface area contributed by atoms with Crippen LogP contribution in [0.1, 0.15) is 36.0 Å². The predicted molar refractivity (Wildman–Crippen MR) is 150 cm³/mol. The molecule has 2 heterocycles. The van der Waals surface area contributed by atoms with Crippen molar-refractivity contribution in [3.63, 3.8) is 0 Å². The molecule has 1 aliphatic rings. The standard InChI is InChI=1S/C28H26N6O6S/c29-15-18-8-10-19(11-9-18)16-31-26-23(34(36)37)5-3-7-25(26)41(38,39)33-28(35)22-4-1-2-6-24(22)40-21-14-20-12-13-30-27(20)32-17-21/h1-7,12-14,17-19,31H,8-11,16H2,(H,30,32)(H,33,35)/t18-,19-. The van der Waals surface area contributed by atoms with Crippen molar-refractivity contribution in [2.75, 3.05) is 11.9 Å². The van der Waals surface area contributed by atoms with E-state index in [0.717, 1.165) is 31.1 Å². The van der Waals surface area contributed by atoms with Gasteiger partial charge in [-0.05, 0) is 61.9 Å². The summed E-state index contributed by atoms with van der Waals surface area (Å²) in [5.74, 6) is -0.420. The van der Waals surface area contributed by atoms with Crippen LogP contribution in [0.15, 0.2) is 71.9 Å². The number of ether oxygens (including phenoxy) is 1. The summed E-state index contributed by atoms with van der Waals surface area (Å²) in [5, 5.41) is 24.7. The number of rotatable bonds is 9. The number of sulfonamides is 1. The lowest BCUT2D eigenvalue weighted by atomic mass is 9.83. The second-order valence-electron chi connectivity index (χ2n) is 9.75. The van der Waals surface area contributed by atoms with Crippen LogP contribution in [0.2, 0.25) is 0 Å². The summed E-state index contributed by atoms with van der Waals surface area (Å²) in [5.41, 5.74) is -0.0249. The highest BCUT2D eigenvalue weighted by Crippen LogP contribution is 2.34. The molecule has 1 aliphatic carbocycles. The summed E-state index contributed by atoms with van der Waals surface area (Å²) in [6.07, 6.45) is 6.12. The first kappa shape index (κ1) is 27.6. The number of H-pyrrole nitrogens is 1. The topological polar surface area (TPSA) is 180 Å². The van der Waals surface area contributed by atoms with Crippen LogP contribution in [0.4, 0.5) is 11.4 Å². The van der Waals surface area contributed by atoms with E-state index < -0.39 is 31.4 Å². The molecule has 13 heteroatoms. The van der Waals surface area contributed by atoms with Crippen molar-refractivity contribution in [1.82, 2.24) is 14.7 Å². The van der Waals surface area contributed by atoms with Crippen molar-refractivity contribution in [2.45, 2.75) is 30.6 Å². The van der Waals surface area contributed by atoms with Crippen molar-refractivity contribution in [3.05, 3.63) is 82.7 Å². The number of hydrogen-bond acceptors (Lipinski definition) is 9. The van der Waals surface area contributed by atoms with Crippen LogP contribution in [0.25, 0.3) is 11.0 Å². The molecular formula is C28H26N6O6S. The molecule has 2 aromatic carbocycles. The normalized spacial score (nSPS) is 17.0. The number of pyridine rings is 1. The first-order valence-electron chi connectivity index (χ1n) is 12.9. The summed E-state index contributed by atoms with van der Waals surface area (Å²) in [6.45, 7) is 0.287. The zero-order chi connectivity index (χ0) is 29.0. The minimum absolute atomic E-state index is 0.0110. The highest BCUT2D eigenvalue weighted by molar-refractivity contribution is 7.90. The van der Waals surface area contributed by atoms with E-state index in [1.807, 2.05) is 10.8 Å². The molecule has 0 bridgehead atoms. The van der Waals surface area contributed by atoms with Gasteiger partial charge in [-0.2, -0.15) is 5.26 Å². The van der Waals surface area contributed by atoms with Crippen LogP contribution in [0.5, 0.6) is 11.5 Å². The molecule has 0 radical (unpaired) electrons. The highest BCUT2D eigenvalue weighted by atomic mass is 32.2. The van der Waals surface area contributed by atoms with Gasteiger partial charge in [0, 0.05) is 30.1 Å². The zero-order valence-electron chi connectivity index (χ0n) is 21.7. The molecule has 2 aromatic heterocycles. The van der Waals surface area contributed by atoms with E-state index in [4.69, 9.17) is 10.00 Å². The SMILES string of the molecule is N#C[C@H]1CC[C@H](CNc2c([N+](=O)[O-])cccc2S(=O)(=O)NC(=O)c2ccccc2Oc2cnc3[nH]ccc3c2)CC1. The van der Waals surface area contributed by atoms with E-state index in [0.29, 0.717) is 11.4 Å². The Labute approximate surface area is 235 Å². The molecule has 0 saturated heterocycles. The molecule has 0 unspecified atom stereocenters. The van der Waals surface area contributed by atoms with Crippen molar-refractivity contribution >= 4 is 38.3 Å². The molecule has 4 aromatic rings. The lowest BCUT2D eigenvalue weighted by Crippen LogP contribution is -2.32. The average Bonchev–Trinajstić information content (AvgIpc) is 3.44. The summed E-state index contributed by atoms with van der Waals surface area (Å²) in [4.78, 5) is 31.1. The number of carbonyl (C=O) groups excluding carboxylic acids is 1. The lowest BCUT2D eigenvalue weighted by Gasteiger charge is -2.25. The number of hydrogen-bond donors (Lipinski definition) is 3. The molecule has 210 valence electrons. The number of benzene rings is 2. The third kappa shape index (κ3) is 6.12. The summed E-state index contributed by atoms with van der Waals surface area (Å²) in [7, 11) is -4.55. The minimum Gasteiger partial charge on any atom is -0.455 e. The Morgan fingerprint density at radius 2 is 1.93 bits per heavy atom. The fourth-order valence-corrected chi connectivity index (χ4v) is 6.06. The second-order valence-corrected chi connectivity index (χ2v) is 11.4. The number of aromatic nitrogens is 2. The van der Waals surface area contributed by atoms with Gasteiger partial charge in [0.05, 0.1) is 22.8 Å². The number of carbonyl (C=O) groups is 1. The third-order valence-corrected chi connectivity index (χ3v) is 8.42. The van der Waals surface area contributed by atoms with Gasteiger partial charge in [-0.1, -0.05) is 18.2 Å². The fourth-order valence-electron chi connectivity index (χ4n) is 4.89. The van der Waals surface area contributed by atoms with Crippen molar-refractivity contribution in [3.8, 4) is 17.6 Å². The Bertz CT molecular complexity index is 1760. The Morgan fingerprint density at radius 3 is 2.68 bits per heavy atom. The van der Waals surface area contributed by atoms with Crippen LogP contribution in [0.3, 0.4) is 0 Å². The number of nitrogens with one attached hydrogen (secondary N) is 3. The van der Waals surface area contributed by atoms with E-state index in [9.17, 15) is 23.3 Å². The van der Waals surface area contributed by atoms with Gasteiger partial charge in [0.1, 0.15) is 27.7 Å². The van der Waals surface area contributed by atoms with Crippen LogP contribution >= 0.6 is 0 Å². The van der Waals surface area contributed by atoms with Crippen LogP contribution < -0.4 is 14.8 Å². The lowest BCUT2D eigenvalue weighted by molar-refractivity contribution is -0.384. The first-order chi connectivity index (χ1) is 19.7. The maximum absolute atomic E-state index is 13.4. The predicted octanol–water partition coefficient (Wildman–Crippen LogP) is 5.12. The monoisotopic (exact) mass is 574 g/mol. The molecule has 1 saturated carbocycles. The number of para-hydroxylation sites is 2. The van der Waals surface area contributed by atoms with Crippen molar-refractivity contribution in [1.29, 1.82) is 5.26 Å². The number of aromatic amines is 1. The van der Waals surface area contributed by atoms with Crippen molar-refractivity contribution in [2.24, 2.45) is 11.8 Å². The highest BCUT2D eigenvalue weighted by Gasteiger charge is 2.30. The van der Waals surface area contributed by atoms with Gasteiger partial charge in [0.2, 0.25) is 0 Å². The Hall–Kier alpha value is -4.96. The van der Waals surface area contributed by atoms with Crippen molar-refractivity contribution < 1.29 is 22.9 Å². The molecule has 41 heavy (non-hydrogen) atoms. The third-order valence-electron chi connectivity index (χ3n) is 7.05. The quantitative estimate of drug-likeness (QED) is 0.180. The average molecular weight is 575 g/mol. The maximum Gasteiger partial charge on any atom is 0.293 e. The van der Waals surface area contributed by atoms with E-state index in [-0.39, 0.29) is 35.4 Å². The molecule has 5 rings (SSSR count). The van der Waals surface area contributed by atoms with Gasteiger partial charge in [-0.25, -0.2) is 18.1 Å². The Kier molecular flexibility index (Phi) is 7.84. The minimum atomic E-state index is -4.55. The Morgan fingerprint density at radius 1 is 1.15 bits per heavy atom. The van der Waals surface area contributed by atoms with Crippen LogP contribution in [0, 0.1) is 33.3 Å². The van der Waals surface area contributed by atoms with E-state index in [2.05, 4.69) is 21.4 Å². The van der Waals surface area contributed by atoms with Gasteiger partial charge >= 0.3 is 0 Å². The number of nitrogens with zero attached hydrogens (tertiary/aromatic N) is 3. The van der Waals surface area contributed by atoms with Gasteiger partial charge < -0.3 is 15.0 Å². The van der Waals surface area contributed by atoms with Gasteiger partial charge in [-0.3, -0.25) is 14.9 Å². The second kappa shape index (κ2) is 11.6. The molecule has 1 amide bonds. The number of nitro benzene ring substituents is 1. The first-order valence-corrected chi connectivity index (χ1v) is 14.4. The van der Waals surface area contributed by atoms with Crippen LogP contribution in [-0.2, 0) is 10.0 Å². The molecule has 0 atom stereocenters. The molecule has 12 nitrogen and oxygen atoms in total. The van der Waals surface area contributed by atoms with E-state index in [1.54, 1.807) is 24.4 Å². The number of fused-ring (bicyclic) bond motifs is 1. The summed E-state index contributed by atoms with van der Waals surface area (Å²) >= 11 is 0.